The van der Waals surface area contributed by atoms with Gasteiger partial charge in [-0.2, -0.15) is 0 Å². The van der Waals surface area contributed by atoms with E-state index in [0.717, 1.165) is 11.3 Å². The Balaban J connectivity index is 2.49. The highest BCUT2D eigenvalue weighted by atomic mass is 16.7. The van der Waals surface area contributed by atoms with Crippen LogP contribution in [0.15, 0.2) is 18.2 Å². The Hall–Kier alpha value is -1.64. The molecule has 0 saturated carbocycles. The van der Waals surface area contributed by atoms with Crippen molar-refractivity contribution >= 4 is 6.08 Å². The summed E-state index contributed by atoms with van der Waals surface area (Å²) < 4.78 is 15.8. The van der Waals surface area contributed by atoms with Gasteiger partial charge in [-0.3, -0.25) is 0 Å². The average Bonchev–Trinajstić information content (AvgIpc) is 2.65. The molecule has 3 heteroatoms. The SMILES string of the molecule is C/C=C\c1cc(OC)c2c(c1)OCO2. The van der Waals surface area contributed by atoms with Gasteiger partial charge < -0.3 is 14.2 Å². The van der Waals surface area contributed by atoms with Crippen LogP contribution >= 0.6 is 0 Å². The maximum absolute atomic E-state index is 5.29. The average molecular weight is 192 g/mol. The third-order valence-corrected chi connectivity index (χ3v) is 2.04. The van der Waals surface area contributed by atoms with E-state index in [-0.39, 0.29) is 6.79 Å². The molecule has 14 heavy (non-hydrogen) atoms. The Bertz CT molecular complexity index is 369. The van der Waals surface area contributed by atoms with Gasteiger partial charge >= 0.3 is 0 Å². The van der Waals surface area contributed by atoms with E-state index < -0.39 is 0 Å². The van der Waals surface area contributed by atoms with Crippen LogP contribution in [0.1, 0.15) is 12.5 Å². The van der Waals surface area contributed by atoms with Gasteiger partial charge in [0.15, 0.2) is 11.5 Å². The quantitative estimate of drug-likeness (QED) is 0.720. The Labute approximate surface area is 82.9 Å². The van der Waals surface area contributed by atoms with Crippen LogP contribution in [0.5, 0.6) is 17.2 Å². The third-order valence-electron chi connectivity index (χ3n) is 2.04. The molecule has 2 rings (SSSR count). The van der Waals surface area contributed by atoms with Crippen molar-refractivity contribution in [1.82, 2.24) is 0 Å². The van der Waals surface area contributed by atoms with Crippen LogP contribution in [0.4, 0.5) is 0 Å². The van der Waals surface area contributed by atoms with Gasteiger partial charge in [0.1, 0.15) is 0 Å². The van der Waals surface area contributed by atoms with Crippen LogP contribution in [-0.4, -0.2) is 13.9 Å². The van der Waals surface area contributed by atoms with Gasteiger partial charge in [0.25, 0.3) is 0 Å². The van der Waals surface area contributed by atoms with Crippen molar-refractivity contribution in [2.75, 3.05) is 13.9 Å². The molecule has 0 aliphatic carbocycles. The lowest BCUT2D eigenvalue weighted by molar-refractivity contribution is 0.171. The van der Waals surface area contributed by atoms with Gasteiger partial charge in [-0.1, -0.05) is 12.2 Å². The molecule has 74 valence electrons. The van der Waals surface area contributed by atoms with Crippen molar-refractivity contribution in [1.29, 1.82) is 0 Å². The molecule has 0 aromatic heterocycles. The van der Waals surface area contributed by atoms with Gasteiger partial charge in [-0.25, -0.2) is 0 Å². The molecule has 0 radical (unpaired) electrons. The summed E-state index contributed by atoms with van der Waals surface area (Å²) in [6.07, 6.45) is 3.96. The lowest BCUT2D eigenvalue weighted by Gasteiger charge is -2.05. The van der Waals surface area contributed by atoms with E-state index in [1.807, 2.05) is 31.2 Å². The summed E-state index contributed by atoms with van der Waals surface area (Å²) in [5.74, 6) is 2.16. The second kappa shape index (κ2) is 3.62. The Kier molecular flexibility index (Phi) is 2.31. The highest BCUT2D eigenvalue weighted by molar-refractivity contribution is 5.62. The molecule has 1 aliphatic rings. The van der Waals surface area contributed by atoms with E-state index in [9.17, 15) is 0 Å². The van der Waals surface area contributed by atoms with Gasteiger partial charge in [-0.05, 0) is 24.6 Å². The molecular weight excluding hydrogens is 180 g/mol. The Morgan fingerprint density at radius 1 is 1.36 bits per heavy atom. The first kappa shape index (κ1) is 8.94. The minimum absolute atomic E-state index is 0.269. The number of hydrogen-bond donors (Lipinski definition) is 0. The van der Waals surface area contributed by atoms with Crippen LogP contribution < -0.4 is 14.2 Å². The molecule has 0 atom stereocenters. The minimum atomic E-state index is 0.269. The third kappa shape index (κ3) is 1.41. The van der Waals surface area contributed by atoms with E-state index in [1.165, 1.54) is 0 Å². The second-order valence-corrected chi connectivity index (χ2v) is 2.96. The van der Waals surface area contributed by atoms with Crippen LogP contribution in [0.25, 0.3) is 6.08 Å². The summed E-state index contributed by atoms with van der Waals surface area (Å²) in [5.41, 5.74) is 1.05. The zero-order valence-electron chi connectivity index (χ0n) is 8.24. The van der Waals surface area contributed by atoms with Crippen molar-refractivity contribution in [3.8, 4) is 17.2 Å². The zero-order chi connectivity index (χ0) is 9.97. The van der Waals surface area contributed by atoms with Crippen LogP contribution in [-0.2, 0) is 0 Å². The lowest BCUT2D eigenvalue weighted by atomic mass is 10.1. The van der Waals surface area contributed by atoms with Crippen molar-refractivity contribution in [3.63, 3.8) is 0 Å². The molecule has 0 amide bonds. The van der Waals surface area contributed by atoms with Gasteiger partial charge in [0.2, 0.25) is 12.5 Å². The standard InChI is InChI=1S/C11H12O3/c1-3-4-8-5-9(12-2)11-10(6-8)13-7-14-11/h3-6H,7H2,1-2H3/b4-3-. The lowest BCUT2D eigenvalue weighted by Crippen LogP contribution is -1.93. The first-order valence-corrected chi connectivity index (χ1v) is 4.45. The summed E-state index contributed by atoms with van der Waals surface area (Å²) in [4.78, 5) is 0. The molecule has 0 spiro atoms. The maximum Gasteiger partial charge on any atom is 0.231 e. The van der Waals surface area contributed by atoms with Crippen molar-refractivity contribution < 1.29 is 14.2 Å². The number of rotatable bonds is 2. The molecule has 1 aromatic rings. The molecule has 0 fully saturated rings. The van der Waals surface area contributed by atoms with Crippen molar-refractivity contribution in [2.24, 2.45) is 0 Å². The topological polar surface area (TPSA) is 27.7 Å². The largest absolute Gasteiger partial charge is 0.493 e. The predicted molar refractivity (Wildman–Crippen MR) is 53.8 cm³/mol. The van der Waals surface area contributed by atoms with E-state index in [4.69, 9.17) is 14.2 Å². The van der Waals surface area contributed by atoms with E-state index >= 15 is 0 Å². The summed E-state index contributed by atoms with van der Waals surface area (Å²) in [5, 5.41) is 0. The van der Waals surface area contributed by atoms with Crippen LogP contribution in [0.2, 0.25) is 0 Å². The van der Waals surface area contributed by atoms with Crippen molar-refractivity contribution in [2.45, 2.75) is 6.92 Å². The summed E-state index contributed by atoms with van der Waals surface area (Å²) in [6, 6.07) is 3.86. The van der Waals surface area contributed by atoms with Gasteiger partial charge in [-0.15, -0.1) is 0 Å². The number of allylic oxidation sites excluding steroid dienone is 1. The fraction of sp³-hybridized carbons (Fsp3) is 0.273. The fourth-order valence-electron chi connectivity index (χ4n) is 1.44. The fourth-order valence-corrected chi connectivity index (χ4v) is 1.44. The normalized spacial score (nSPS) is 13.6. The molecule has 1 aliphatic heterocycles. The first-order valence-electron chi connectivity index (χ1n) is 4.45. The molecule has 3 nitrogen and oxygen atoms in total. The summed E-state index contributed by atoms with van der Waals surface area (Å²) >= 11 is 0. The monoisotopic (exact) mass is 192 g/mol. The second-order valence-electron chi connectivity index (χ2n) is 2.96. The van der Waals surface area contributed by atoms with E-state index in [0.29, 0.717) is 11.5 Å². The predicted octanol–water partition coefficient (Wildman–Crippen LogP) is 2.46. The van der Waals surface area contributed by atoms with E-state index in [1.54, 1.807) is 7.11 Å². The number of fused-ring (bicyclic) bond motifs is 1. The molecule has 0 unspecified atom stereocenters. The number of hydrogen-bond acceptors (Lipinski definition) is 3. The zero-order valence-corrected chi connectivity index (χ0v) is 8.24. The Morgan fingerprint density at radius 2 is 2.21 bits per heavy atom. The molecule has 0 saturated heterocycles. The smallest absolute Gasteiger partial charge is 0.231 e. The summed E-state index contributed by atoms with van der Waals surface area (Å²) in [7, 11) is 1.62. The number of benzene rings is 1. The van der Waals surface area contributed by atoms with Crippen molar-refractivity contribution in [3.05, 3.63) is 23.8 Å². The van der Waals surface area contributed by atoms with Crippen LogP contribution in [0, 0.1) is 0 Å². The molecule has 1 aromatic carbocycles. The highest BCUT2D eigenvalue weighted by Crippen LogP contribution is 2.41. The first-order chi connectivity index (χ1) is 6.85. The van der Waals surface area contributed by atoms with Gasteiger partial charge in [0, 0.05) is 0 Å². The summed E-state index contributed by atoms with van der Waals surface area (Å²) in [6.45, 7) is 2.24. The van der Waals surface area contributed by atoms with Gasteiger partial charge in [0.05, 0.1) is 7.11 Å². The maximum atomic E-state index is 5.29. The number of methoxy groups -OCH3 is 1. The molecule has 0 bridgehead atoms. The molecule has 1 heterocycles. The van der Waals surface area contributed by atoms with Crippen LogP contribution in [0.3, 0.4) is 0 Å². The minimum Gasteiger partial charge on any atom is -0.493 e. The number of ether oxygens (including phenoxy) is 3. The molecule has 0 N–H and O–H groups in total. The molecular formula is C11H12O3. The van der Waals surface area contributed by atoms with E-state index in [2.05, 4.69) is 0 Å². The Morgan fingerprint density at radius 3 is 2.93 bits per heavy atom. The highest BCUT2D eigenvalue weighted by Gasteiger charge is 2.19.